The van der Waals surface area contributed by atoms with E-state index in [0.717, 1.165) is 6.42 Å². The van der Waals surface area contributed by atoms with E-state index in [9.17, 15) is 9.59 Å². The maximum absolute atomic E-state index is 12.5. The molecule has 1 aromatic carbocycles. The van der Waals surface area contributed by atoms with Crippen molar-refractivity contribution < 1.29 is 23.8 Å². The minimum absolute atomic E-state index is 0.201. The van der Waals surface area contributed by atoms with Crippen molar-refractivity contribution in [1.82, 2.24) is 9.80 Å². The number of carbonyl (C=O) groups is 2. The van der Waals surface area contributed by atoms with Crippen molar-refractivity contribution in [3.8, 4) is 11.5 Å². The van der Waals surface area contributed by atoms with E-state index in [2.05, 4.69) is 5.32 Å². The maximum Gasteiger partial charge on any atom is 0.410 e. The molecule has 8 heteroatoms. The van der Waals surface area contributed by atoms with Crippen molar-refractivity contribution >= 4 is 17.8 Å². The molecule has 1 fully saturated rings. The van der Waals surface area contributed by atoms with E-state index in [-0.39, 0.29) is 12.1 Å². The van der Waals surface area contributed by atoms with E-state index < -0.39 is 5.60 Å². The highest BCUT2D eigenvalue weighted by atomic mass is 16.6. The van der Waals surface area contributed by atoms with Crippen molar-refractivity contribution in [2.24, 2.45) is 0 Å². The third-order valence-corrected chi connectivity index (χ3v) is 4.22. The lowest BCUT2D eigenvalue weighted by Crippen LogP contribution is -2.52. The minimum Gasteiger partial charge on any atom is -0.490 e. The van der Waals surface area contributed by atoms with Crippen LogP contribution in [0.3, 0.4) is 0 Å². The van der Waals surface area contributed by atoms with Gasteiger partial charge in [-0.25, -0.2) is 9.59 Å². The van der Waals surface area contributed by atoms with Gasteiger partial charge in [0.15, 0.2) is 11.5 Å². The predicted octanol–water partition coefficient (Wildman–Crippen LogP) is 2.93. The summed E-state index contributed by atoms with van der Waals surface area (Å²) in [4.78, 5) is 27.9. The van der Waals surface area contributed by atoms with Crippen molar-refractivity contribution in [2.75, 3.05) is 44.7 Å². The molecule has 0 aliphatic carbocycles. The van der Waals surface area contributed by atoms with Crippen LogP contribution in [0, 0.1) is 0 Å². The van der Waals surface area contributed by atoms with Gasteiger partial charge < -0.3 is 29.3 Å². The molecule has 1 saturated heterocycles. The smallest absolute Gasteiger partial charge is 0.410 e. The van der Waals surface area contributed by atoms with Crippen molar-refractivity contribution in [3.63, 3.8) is 0 Å². The fourth-order valence-electron chi connectivity index (χ4n) is 2.86. The van der Waals surface area contributed by atoms with Crippen LogP contribution >= 0.6 is 0 Å². The molecule has 0 unspecified atom stereocenters. The lowest BCUT2D eigenvalue weighted by molar-refractivity contribution is 0.0174. The zero-order valence-electron chi connectivity index (χ0n) is 16.1. The predicted molar refractivity (Wildman–Crippen MR) is 100 cm³/mol. The summed E-state index contributed by atoms with van der Waals surface area (Å²) >= 11 is 0. The maximum atomic E-state index is 12.5. The summed E-state index contributed by atoms with van der Waals surface area (Å²) in [5.41, 5.74) is 0.127. The van der Waals surface area contributed by atoms with Gasteiger partial charge in [0.05, 0.1) is 13.2 Å². The number of ether oxygens (including phenoxy) is 3. The third-order valence-electron chi connectivity index (χ3n) is 4.22. The number of rotatable bonds is 1. The molecule has 1 aromatic rings. The number of piperazine rings is 1. The lowest BCUT2D eigenvalue weighted by atomic mass is 10.2. The van der Waals surface area contributed by atoms with Crippen LogP contribution in [0.25, 0.3) is 0 Å². The van der Waals surface area contributed by atoms with Crippen LogP contribution in [0.15, 0.2) is 18.2 Å². The molecule has 148 valence electrons. The van der Waals surface area contributed by atoms with Crippen LogP contribution in [0.2, 0.25) is 0 Å². The Morgan fingerprint density at radius 1 is 1.00 bits per heavy atom. The molecular formula is C19H27N3O5. The number of nitrogens with zero attached hydrogens (tertiary/aromatic N) is 2. The van der Waals surface area contributed by atoms with E-state index >= 15 is 0 Å². The van der Waals surface area contributed by atoms with Gasteiger partial charge in [-0.05, 0) is 32.9 Å². The molecule has 3 amide bonds. The number of urea groups is 1. The molecule has 0 spiro atoms. The molecule has 2 aliphatic rings. The van der Waals surface area contributed by atoms with E-state index in [1.54, 1.807) is 28.0 Å². The second kappa shape index (κ2) is 7.94. The first-order chi connectivity index (χ1) is 12.8. The standard InChI is InChI=1S/C19H27N3O5/c1-19(2,3)27-18(24)22-9-7-21(8-10-22)17(23)20-14-5-6-15-16(13-14)26-12-4-11-25-15/h5-6,13H,4,7-12H2,1-3H3,(H,20,23). The summed E-state index contributed by atoms with van der Waals surface area (Å²) in [7, 11) is 0. The molecule has 0 bridgehead atoms. The highest BCUT2D eigenvalue weighted by Gasteiger charge is 2.27. The van der Waals surface area contributed by atoms with Crippen LogP contribution in [-0.4, -0.2) is 66.9 Å². The van der Waals surface area contributed by atoms with Gasteiger partial charge in [-0.1, -0.05) is 0 Å². The number of benzene rings is 1. The minimum atomic E-state index is -0.525. The Labute approximate surface area is 159 Å². The molecule has 8 nitrogen and oxygen atoms in total. The number of hydrogen-bond donors (Lipinski definition) is 1. The van der Waals surface area contributed by atoms with Gasteiger partial charge in [0.25, 0.3) is 0 Å². The summed E-state index contributed by atoms with van der Waals surface area (Å²) in [6, 6.07) is 5.17. The Morgan fingerprint density at radius 2 is 1.63 bits per heavy atom. The summed E-state index contributed by atoms with van der Waals surface area (Å²) < 4.78 is 16.6. The van der Waals surface area contributed by atoms with Crippen LogP contribution in [0.4, 0.5) is 15.3 Å². The van der Waals surface area contributed by atoms with E-state index in [4.69, 9.17) is 14.2 Å². The SMILES string of the molecule is CC(C)(C)OC(=O)N1CCN(C(=O)Nc2ccc3c(c2)OCCCO3)CC1. The Bertz CT molecular complexity index is 693. The normalized spacial score (nSPS) is 17.1. The van der Waals surface area contributed by atoms with Gasteiger partial charge in [-0.15, -0.1) is 0 Å². The first-order valence-corrected chi connectivity index (χ1v) is 9.25. The van der Waals surface area contributed by atoms with E-state index in [1.807, 2.05) is 20.8 Å². The monoisotopic (exact) mass is 377 g/mol. The molecule has 0 atom stereocenters. The highest BCUT2D eigenvalue weighted by Crippen LogP contribution is 2.32. The zero-order chi connectivity index (χ0) is 19.4. The first-order valence-electron chi connectivity index (χ1n) is 9.25. The molecule has 0 saturated carbocycles. The second-order valence-corrected chi connectivity index (χ2v) is 7.60. The summed E-state index contributed by atoms with van der Waals surface area (Å²) in [6.07, 6.45) is 0.489. The van der Waals surface area contributed by atoms with Gasteiger partial charge in [0, 0.05) is 44.4 Å². The average molecular weight is 377 g/mol. The molecule has 0 radical (unpaired) electrons. The quantitative estimate of drug-likeness (QED) is 0.814. The molecule has 1 N–H and O–H groups in total. The van der Waals surface area contributed by atoms with Crippen LogP contribution < -0.4 is 14.8 Å². The molecule has 3 rings (SSSR count). The number of fused-ring (bicyclic) bond motifs is 1. The summed E-state index contributed by atoms with van der Waals surface area (Å²) in [5, 5.41) is 2.88. The summed E-state index contributed by atoms with van der Waals surface area (Å²) in [6.45, 7) is 8.54. The van der Waals surface area contributed by atoms with Gasteiger partial charge >= 0.3 is 12.1 Å². The topological polar surface area (TPSA) is 80.3 Å². The Balaban J connectivity index is 1.53. The molecule has 0 aromatic heterocycles. The number of hydrogen-bond acceptors (Lipinski definition) is 5. The fourth-order valence-corrected chi connectivity index (χ4v) is 2.86. The van der Waals surface area contributed by atoms with Gasteiger partial charge in [0.2, 0.25) is 0 Å². The third kappa shape index (κ3) is 5.18. The molecule has 2 heterocycles. The van der Waals surface area contributed by atoms with Crippen molar-refractivity contribution in [2.45, 2.75) is 32.8 Å². The Morgan fingerprint density at radius 3 is 2.30 bits per heavy atom. The van der Waals surface area contributed by atoms with Gasteiger partial charge in [-0.3, -0.25) is 0 Å². The second-order valence-electron chi connectivity index (χ2n) is 7.60. The molecule has 2 aliphatic heterocycles. The number of amides is 3. The summed E-state index contributed by atoms with van der Waals surface area (Å²) in [5.74, 6) is 1.33. The Hall–Kier alpha value is -2.64. The van der Waals surface area contributed by atoms with E-state index in [1.165, 1.54) is 0 Å². The molecule has 27 heavy (non-hydrogen) atoms. The van der Waals surface area contributed by atoms with Crippen LogP contribution in [-0.2, 0) is 4.74 Å². The van der Waals surface area contributed by atoms with Crippen LogP contribution in [0.1, 0.15) is 27.2 Å². The van der Waals surface area contributed by atoms with Crippen molar-refractivity contribution in [3.05, 3.63) is 18.2 Å². The highest BCUT2D eigenvalue weighted by molar-refractivity contribution is 5.90. The van der Waals surface area contributed by atoms with E-state index in [0.29, 0.717) is 56.6 Å². The lowest BCUT2D eigenvalue weighted by Gasteiger charge is -2.35. The average Bonchev–Trinajstić information content (AvgIpc) is 2.85. The first kappa shape index (κ1) is 19.1. The largest absolute Gasteiger partial charge is 0.490 e. The number of nitrogens with one attached hydrogen (secondary N) is 1. The zero-order valence-corrected chi connectivity index (χ0v) is 16.1. The van der Waals surface area contributed by atoms with Gasteiger partial charge in [-0.2, -0.15) is 0 Å². The number of carbonyl (C=O) groups excluding carboxylic acids is 2. The fraction of sp³-hybridized carbons (Fsp3) is 0.579. The van der Waals surface area contributed by atoms with Crippen LogP contribution in [0.5, 0.6) is 11.5 Å². The Kier molecular flexibility index (Phi) is 5.62. The van der Waals surface area contributed by atoms with Gasteiger partial charge in [0.1, 0.15) is 5.60 Å². The number of anilines is 1. The molecular weight excluding hydrogens is 350 g/mol. The van der Waals surface area contributed by atoms with Crippen molar-refractivity contribution in [1.29, 1.82) is 0 Å².